The Kier molecular flexibility index (Phi) is 5.15. The van der Waals surface area contributed by atoms with Gasteiger partial charge in [-0.1, -0.05) is 31.2 Å². The van der Waals surface area contributed by atoms with Crippen LogP contribution >= 0.6 is 0 Å². The lowest BCUT2D eigenvalue weighted by molar-refractivity contribution is -0.123. The van der Waals surface area contributed by atoms with E-state index in [-0.39, 0.29) is 5.91 Å². The maximum Gasteiger partial charge on any atom is 0.224 e. The zero-order valence-corrected chi connectivity index (χ0v) is 12.0. The van der Waals surface area contributed by atoms with Crippen molar-refractivity contribution < 1.29 is 14.6 Å². The predicted octanol–water partition coefficient (Wildman–Crippen LogP) is 1.45. The van der Waals surface area contributed by atoms with E-state index in [9.17, 15) is 9.90 Å². The summed E-state index contributed by atoms with van der Waals surface area (Å²) in [5, 5.41) is 13.1. The molecule has 110 valence electrons. The van der Waals surface area contributed by atoms with Crippen LogP contribution < -0.4 is 5.32 Å². The second-order valence-electron chi connectivity index (χ2n) is 5.46. The van der Waals surface area contributed by atoms with Gasteiger partial charge in [-0.05, 0) is 17.5 Å². The Bertz CT molecular complexity index is 436. The normalized spacial score (nSPS) is 17.7. The van der Waals surface area contributed by atoms with Crippen molar-refractivity contribution in [3.8, 4) is 0 Å². The molecule has 1 fully saturated rings. The van der Waals surface area contributed by atoms with Gasteiger partial charge >= 0.3 is 0 Å². The van der Waals surface area contributed by atoms with Gasteiger partial charge in [-0.2, -0.15) is 0 Å². The summed E-state index contributed by atoms with van der Waals surface area (Å²) in [5.41, 5.74) is 1.46. The fourth-order valence-corrected chi connectivity index (χ4v) is 2.33. The summed E-state index contributed by atoms with van der Waals surface area (Å²) in [4.78, 5) is 11.9. The van der Waals surface area contributed by atoms with E-state index in [0.717, 1.165) is 12.0 Å². The van der Waals surface area contributed by atoms with Gasteiger partial charge in [-0.15, -0.1) is 0 Å². The lowest BCUT2D eigenvalue weighted by Gasteiger charge is -2.32. The van der Waals surface area contributed by atoms with Crippen LogP contribution in [0, 0.1) is 0 Å². The monoisotopic (exact) mass is 277 g/mol. The highest BCUT2D eigenvalue weighted by Gasteiger charge is 2.29. The summed E-state index contributed by atoms with van der Waals surface area (Å²) in [6.07, 6.45) is 2.52. The van der Waals surface area contributed by atoms with Crippen LogP contribution in [0.15, 0.2) is 24.3 Å². The average Bonchev–Trinajstić information content (AvgIpc) is 2.47. The minimum atomic E-state index is -0.806. The van der Waals surface area contributed by atoms with Crippen LogP contribution in [0.4, 0.5) is 0 Å². The van der Waals surface area contributed by atoms with Crippen molar-refractivity contribution in [1.82, 2.24) is 5.32 Å². The first-order valence-corrected chi connectivity index (χ1v) is 7.26. The second kappa shape index (κ2) is 6.86. The van der Waals surface area contributed by atoms with E-state index in [4.69, 9.17) is 4.74 Å². The van der Waals surface area contributed by atoms with Gasteiger partial charge in [0.15, 0.2) is 0 Å². The molecule has 2 rings (SSSR count). The molecule has 1 saturated heterocycles. The first kappa shape index (κ1) is 15.0. The smallest absolute Gasteiger partial charge is 0.224 e. The molecule has 1 amide bonds. The number of carbonyl (C=O) groups is 1. The van der Waals surface area contributed by atoms with Gasteiger partial charge < -0.3 is 15.2 Å². The molecule has 4 nitrogen and oxygen atoms in total. The summed E-state index contributed by atoms with van der Waals surface area (Å²) in [7, 11) is 0. The first-order chi connectivity index (χ1) is 9.61. The lowest BCUT2D eigenvalue weighted by atomic mass is 9.94. The topological polar surface area (TPSA) is 58.6 Å². The number of benzene rings is 1. The van der Waals surface area contributed by atoms with Gasteiger partial charge in [0.25, 0.3) is 0 Å². The third-order valence-corrected chi connectivity index (χ3v) is 3.83. The molecule has 1 heterocycles. The Morgan fingerprint density at radius 2 is 1.85 bits per heavy atom. The quantitative estimate of drug-likeness (QED) is 0.856. The average molecular weight is 277 g/mol. The van der Waals surface area contributed by atoms with Crippen molar-refractivity contribution in [3.05, 3.63) is 35.4 Å². The SMILES string of the molecule is CCc1ccc(CC(=O)NCC2(O)CCOCC2)cc1. The zero-order valence-electron chi connectivity index (χ0n) is 12.0. The number of amides is 1. The third kappa shape index (κ3) is 4.32. The molecule has 1 aliphatic rings. The summed E-state index contributed by atoms with van der Waals surface area (Å²) < 4.78 is 5.22. The highest BCUT2D eigenvalue weighted by molar-refractivity contribution is 5.78. The maximum absolute atomic E-state index is 11.9. The van der Waals surface area contributed by atoms with E-state index in [0.29, 0.717) is 39.0 Å². The number of ether oxygens (including phenoxy) is 1. The molecule has 0 aliphatic carbocycles. The van der Waals surface area contributed by atoms with E-state index in [1.165, 1.54) is 5.56 Å². The standard InChI is InChI=1S/C16H23NO3/c1-2-13-3-5-14(6-4-13)11-15(18)17-12-16(19)7-9-20-10-8-16/h3-6,19H,2,7-12H2,1H3,(H,17,18). The van der Waals surface area contributed by atoms with Crippen LogP contribution in [0.5, 0.6) is 0 Å². The lowest BCUT2D eigenvalue weighted by Crippen LogP contribution is -2.46. The van der Waals surface area contributed by atoms with E-state index >= 15 is 0 Å². The van der Waals surface area contributed by atoms with Gasteiger partial charge in [0.1, 0.15) is 0 Å². The van der Waals surface area contributed by atoms with E-state index in [1.807, 2.05) is 12.1 Å². The van der Waals surface area contributed by atoms with Gasteiger partial charge in [-0.3, -0.25) is 4.79 Å². The van der Waals surface area contributed by atoms with E-state index in [1.54, 1.807) is 0 Å². The Balaban J connectivity index is 1.79. The van der Waals surface area contributed by atoms with Crippen molar-refractivity contribution in [1.29, 1.82) is 0 Å². The van der Waals surface area contributed by atoms with Crippen molar-refractivity contribution in [2.24, 2.45) is 0 Å². The van der Waals surface area contributed by atoms with Gasteiger partial charge in [0, 0.05) is 32.6 Å². The molecular formula is C16H23NO3. The Hall–Kier alpha value is -1.39. The molecule has 0 aromatic heterocycles. The number of hydrogen-bond acceptors (Lipinski definition) is 3. The van der Waals surface area contributed by atoms with Gasteiger partial charge in [0.2, 0.25) is 5.91 Å². The first-order valence-electron chi connectivity index (χ1n) is 7.26. The summed E-state index contributed by atoms with van der Waals surface area (Å²) in [6.45, 7) is 3.54. The summed E-state index contributed by atoms with van der Waals surface area (Å²) >= 11 is 0. The fourth-order valence-electron chi connectivity index (χ4n) is 2.33. The van der Waals surface area contributed by atoms with Crippen LogP contribution in [0.2, 0.25) is 0 Å². The minimum Gasteiger partial charge on any atom is -0.388 e. The molecule has 0 atom stereocenters. The highest BCUT2D eigenvalue weighted by Crippen LogP contribution is 2.19. The minimum absolute atomic E-state index is 0.0471. The molecule has 0 spiro atoms. The van der Waals surface area contributed by atoms with Crippen LogP contribution in [0.25, 0.3) is 0 Å². The Morgan fingerprint density at radius 1 is 1.25 bits per heavy atom. The molecule has 0 bridgehead atoms. The molecule has 1 aliphatic heterocycles. The van der Waals surface area contributed by atoms with Gasteiger partial charge in [-0.25, -0.2) is 0 Å². The molecule has 20 heavy (non-hydrogen) atoms. The number of aliphatic hydroxyl groups is 1. The van der Waals surface area contributed by atoms with Crippen LogP contribution in [-0.2, 0) is 22.4 Å². The number of carbonyl (C=O) groups excluding carboxylic acids is 1. The van der Waals surface area contributed by atoms with Crippen molar-refractivity contribution in [3.63, 3.8) is 0 Å². The molecular weight excluding hydrogens is 254 g/mol. The summed E-state index contributed by atoms with van der Waals surface area (Å²) in [6, 6.07) is 8.08. The van der Waals surface area contributed by atoms with Gasteiger partial charge in [0.05, 0.1) is 12.0 Å². The highest BCUT2D eigenvalue weighted by atomic mass is 16.5. The second-order valence-corrected chi connectivity index (χ2v) is 5.46. The maximum atomic E-state index is 11.9. The molecule has 0 radical (unpaired) electrons. The van der Waals surface area contributed by atoms with Crippen LogP contribution in [0.3, 0.4) is 0 Å². The predicted molar refractivity (Wildman–Crippen MR) is 77.5 cm³/mol. The zero-order chi connectivity index (χ0) is 14.4. The number of nitrogens with one attached hydrogen (secondary N) is 1. The van der Waals surface area contributed by atoms with Crippen molar-refractivity contribution in [2.75, 3.05) is 19.8 Å². The molecule has 0 unspecified atom stereocenters. The van der Waals surface area contributed by atoms with Crippen molar-refractivity contribution >= 4 is 5.91 Å². The van der Waals surface area contributed by atoms with Crippen LogP contribution in [0.1, 0.15) is 30.9 Å². The van der Waals surface area contributed by atoms with Crippen molar-refractivity contribution in [2.45, 2.75) is 38.2 Å². The fraction of sp³-hybridized carbons (Fsp3) is 0.562. The molecule has 1 aromatic carbocycles. The number of aryl methyl sites for hydroxylation is 1. The number of hydrogen-bond donors (Lipinski definition) is 2. The molecule has 2 N–H and O–H groups in total. The largest absolute Gasteiger partial charge is 0.388 e. The third-order valence-electron chi connectivity index (χ3n) is 3.83. The molecule has 0 saturated carbocycles. The summed E-state index contributed by atoms with van der Waals surface area (Å²) in [5.74, 6) is -0.0471. The molecule has 1 aromatic rings. The Labute approximate surface area is 120 Å². The Morgan fingerprint density at radius 3 is 2.45 bits per heavy atom. The molecule has 4 heteroatoms. The van der Waals surface area contributed by atoms with Crippen LogP contribution in [-0.4, -0.2) is 36.4 Å². The number of rotatable bonds is 5. The van der Waals surface area contributed by atoms with E-state index < -0.39 is 5.60 Å². The van der Waals surface area contributed by atoms with E-state index in [2.05, 4.69) is 24.4 Å².